The lowest BCUT2D eigenvalue weighted by atomic mass is 9.95. The highest BCUT2D eigenvalue weighted by molar-refractivity contribution is 6.03. The Balaban J connectivity index is 1.62. The molecule has 2 aromatic rings. The molecule has 2 fully saturated rings. The normalized spacial score (nSPS) is 31.1. The predicted octanol–water partition coefficient (Wildman–Crippen LogP) is 1.08. The molecule has 1 saturated heterocycles. The number of rotatable bonds is 4. The van der Waals surface area contributed by atoms with E-state index in [9.17, 15) is 19.8 Å². The largest absolute Gasteiger partial charge is 0.393 e. The summed E-state index contributed by atoms with van der Waals surface area (Å²) in [6.45, 7) is 3.40. The van der Waals surface area contributed by atoms with Crippen LogP contribution in [0.5, 0.6) is 0 Å². The van der Waals surface area contributed by atoms with Crippen LogP contribution in [0.25, 0.3) is 0 Å². The topological polar surface area (TPSA) is 114 Å². The molecule has 4 rings (SSSR count). The second-order valence-corrected chi connectivity index (χ2v) is 7.72. The highest BCUT2D eigenvalue weighted by atomic mass is 16.6. The number of aromatic nitrogens is 2. The molecule has 8 nitrogen and oxygen atoms in total. The summed E-state index contributed by atoms with van der Waals surface area (Å²) >= 11 is 0. The minimum atomic E-state index is -1.04. The standard InChI is InChI=1S/C20H23N3O5/c1-11-8-20(10-24)15(25)14(11)18(28-20)23-9-12(2)16(22-19(23)27)21-17(26)13-6-4-3-5-7-13/h3-7,9,11,14-15,18,24-25H,8,10H2,1-2H3,(H,21,22,26,27)/t11-,14+,15-,18+,20+/m0/s1. The van der Waals surface area contributed by atoms with Crippen molar-refractivity contribution in [2.75, 3.05) is 11.9 Å². The Labute approximate surface area is 161 Å². The maximum absolute atomic E-state index is 12.7. The summed E-state index contributed by atoms with van der Waals surface area (Å²) in [6.07, 6.45) is 0.565. The van der Waals surface area contributed by atoms with E-state index in [0.29, 0.717) is 17.5 Å². The van der Waals surface area contributed by atoms with Crippen LogP contribution in [-0.2, 0) is 4.74 Å². The van der Waals surface area contributed by atoms with Crippen LogP contribution in [0.3, 0.4) is 0 Å². The molecule has 148 valence electrons. The molecule has 2 bridgehead atoms. The van der Waals surface area contributed by atoms with Gasteiger partial charge in [0.2, 0.25) is 0 Å². The van der Waals surface area contributed by atoms with Crippen molar-refractivity contribution in [3.05, 3.63) is 58.1 Å². The van der Waals surface area contributed by atoms with Crippen molar-refractivity contribution in [2.24, 2.45) is 11.8 Å². The fraction of sp³-hybridized carbons (Fsp3) is 0.450. The van der Waals surface area contributed by atoms with Crippen LogP contribution in [0.4, 0.5) is 5.82 Å². The smallest absolute Gasteiger partial charge is 0.351 e. The van der Waals surface area contributed by atoms with E-state index in [1.807, 2.05) is 13.0 Å². The Morgan fingerprint density at radius 3 is 2.75 bits per heavy atom. The van der Waals surface area contributed by atoms with Gasteiger partial charge in [0.15, 0.2) is 0 Å². The van der Waals surface area contributed by atoms with E-state index in [1.54, 1.807) is 37.4 Å². The van der Waals surface area contributed by atoms with Gasteiger partial charge >= 0.3 is 5.69 Å². The first kappa shape index (κ1) is 18.8. The Bertz CT molecular complexity index is 960. The molecule has 3 N–H and O–H groups in total. The lowest BCUT2D eigenvalue weighted by Gasteiger charge is -2.33. The molecule has 1 amide bonds. The second kappa shape index (κ2) is 6.80. The van der Waals surface area contributed by atoms with Gasteiger partial charge in [-0.3, -0.25) is 9.36 Å². The molecule has 0 spiro atoms. The number of amides is 1. The van der Waals surface area contributed by atoms with Gasteiger partial charge in [-0.2, -0.15) is 4.98 Å². The summed E-state index contributed by atoms with van der Waals surface area (Å²) in [4.78, 5) is 29.0. The number of fused-ring (bicyclic) bond motifs is 2. The van der Waals surface area contributed by atoms with E-state index < -0.39 is 23.6 Å². The Morgan fingerprint density at radius 2 is 2.11 bits per heavy atom. The number of hydrogen-bond acceptors (Lipinski definition) is 6. The maximum atomic E-state index is 12.7. The minimum Gasteiger partial charge on any atom is -0.393 e. The first-order chi connectivity index (χ1) is 13.4. The molecule has 5 atom stereocenters. The lowest BCUT2D eigenvalue weighted by Crippen LogP contribution is -2.42. The molecule has 1 saturated carbocycles. The third-order valence-corrected chi connectivity index (χ3v) is 5.86. The number of ether oxygens (including phenoxy) is 1. The minimum absolute atomic E-state index is 0.0885. The molecule has 0 radical (unpaired) electrons. The molecule has 1 aromatic carbocycles. The number of aliphatic hydroxyl groups excluding tert-OH is 2. The zero-order chi connectivity index (χ0) is 20.1. The van der Waals surface area contributed by atoms with Crippen molar-refractivity contribution in [2.45, 2.75) is 38.2 Å². The van der Waals surface area contributed by atoms with Gasteiger partial charge < -0.3 is 20.3 Å². The van der Waals surface area contributed by atoms with Crippen LogP contribution in [0.15, 0.2) is 41.3 Å². The average Bonchev–Trinajstić information content (AvgIpc) is 3.11. The van der Waals surface area contributed by atoms with Gasteiger partial charge in [-0.25, -0.2) is 4.79 Å². The van der Waals surface area contributed by atoms with Gasteiger partial charge in [-0.15, -0.1) is 0 Å². The lowest BCUT2D eigenvalue weighted by molar-refractivity contribution is -0.149. The highest BCUT2D eigenvalue weighted by Gasteiger charge is 2.63. The first-order valence-corrected chi connectivity index (χ1v) is 9.29. The highest BCUT2D eigenvalue weighted by Crippen LogP contribution is 2.55. The first-order valence-electron chi connectivity index (χ1n) is 9.29. The number of hydrogen-bond donors (Lipinski definition) is 3. The molecular weight excluding hydrogens is 362 g/mol. The zero-order valence-corrected chi connectivity index (χ0v) is 15.7. The van der Waals surface area contributed by atoms with E-state index >= 15 is 0 Å². The van der Waals surface area contributed by atoms with Gasteiger partial charge in [0.1, 0.15) is 17.6 Å². The number of aryl methyl sites for hydroxylation is 1. The quantitative estimate of drug-likeness (QED) is 0.726. The van der Waals surface area contributed by atoms with Crippen molar-refractivity contribution in [1.29, 1.82) is 0 Å². The van der Waals surface area contributed by atoms with Gasteiger partial charge in [0, 0.05) is 23.2 Å². The number of benzene rings is 1. The van der Waals surface area contributed by atoms with Crippen molar-refractivity contribution in [3.63, 3.8) is 0 Å². The number of carbonyl (C=O) groups excluding carboxylic acids is 1. The number of nitrogens with zero attached hydrogens (tertiary/aromatic N) is 2. The fourth-order valence-corrected chi connectivity index (χ4v) is 4.42. The summed E-state index contributed by atoms with van der Waals surface area (Å²) in [5.41, 5.74) is -0.567. The van der Waals surface area contributed by atoms with Crippen molar-refractivity contribution >= 4 is 11.7 Å². The van der Waals surface area contributed by atoms with E-state index in [2.05, 4.69) is 10.3 Å². The molecule has 1 aliphatic heterocycles. The van der Waals surface area contributed by atoms with Crippen LogP contribution in [0.1, 0.15) is 35.5 Å². The van der Waals surface area contributed by atoms with E-state index in [1.165, 1.54) is 4.57 Å². The predicted molar refractivity (Wildman–Crippen MR) is 101 cm³/mol. The number of nitrogens with one attached hydrogen (secondary N) is 1. The SMILES string of the molecule is Cc1cn([C@@H]2O[C@@]3(CO)C[C@H](C)[C@@H]2[C@@H]3O)c(=O)nc1NC(=O)c1ccccc1. The Hall–Kier alpha value is -2.55. The van der Waals surface area contributed by atoms with Crippen molar-refractivity contribution < 1.29 is 19.7 Å². The van der Waals surface area contributed by atoms with E-state index in [0.717, 1.165) is 0 Å². The van der Waals surface area contributed by atoms with Crippen molar-refractivity contribution in [3.8, 4) is 0 Å². The maximum Gasteiger partial charge on any atom is 0.351 e. The van der Waals surface area contributed by atoms with Crippen molar-refractivity contribution in [1.82, 2.24) is 9.55 Å². The van der Waals surface area contributed by atoms with Gasteiger partial charge in [0.25, 0.3) is 5.91 Å². The van der Waals surface area contributed by atoms with Crippen LogP contribution in [-0.4, -0.2) is 44.0 Å². The third-order valence-electron chi connectivity index (χ3n) is 5.86. The summed E-state index contributed by atoms with van der Waals surface area (Å²) < 4.78 is 7.27. The second-order valence-electron chi connectivity index (χ2n) is 7.72. The van der Waals surface area contributed by atoms with E-state index in [-0.39, 0.29) is 30.2 Å². The van der Waals surface area contributed by atoms with Crippen LogP contribution >= 0.6 is 0 Å². The fourth-order valence-electron chi connectivity index (χ4n) is 4.42. The molecule has 1 aliphatic carbocycles. The molecule has 8 heteroatoms. The zero-order valence-electron chi connectivity index (χ0n) is 15.7. The third kappa shape index (κ3) is 2.85. The number of aliphatic hydroxyl groups is 2. The van der Waals surface area contributed by atoms with Crippen LogP contribution in [0.2, 0.25) is 0 Å². The summed E-state index contributed by atoms with van der Waals surface area (Å²) in [5, 5.41) is 23.0. The van der Waals surface area contributed by atoms with Crippen LogP contribution in [0, 0.1) is 18.8 Å². The van der Waals surface area contributed by atoms with Gasteiger partial charge in [-0.1, -0.05) is 25.1 Å². The number of carbonyl (C=O) groups is 1. The van der Waals surface area contributed by atoms with Crippen LogP contribution < -0.4 is 11.0 Å². The molecule has 1 aromatic heterocycles. The summed E-state index contributed by atoms with van der Waals surface area (Å²) in [6, 6.07) is 8.66. The Morgan fingerprint density at radius 1 is 1.39 bits per heavy atom. The molecular formula is C20H23N3O5. The summed E-state index contributed by atoms with van der Waals surface area (Å²) in [5.74, 6) is -0.391. The monoisotopic (exact) mass is 385 g/mol. The Kier molecular flexibility index (Phi) is 4.57. The average molecular weight is 385 g/mol. The molecule has 0 unspecified atom stereocenters. The van der Waals surface area contributed by atoms with Gasteiger partial charge in [-0.05, 0) is 31.4 Å². The molecule has 28 heavy (non-hydrogen) atoms. The van der Waals surface area contributed by atoms with E-state index in [4.69, 9.17) is 4.74 Å². The molecule has 2 aliphatic rings. The number of anilines is 1. The summed E-state index contributed by atoms with van der Waals surface area (Å²) in [7, 11) is 0. The van der Waals surface area contributed by atoms with Gasteiger partial charge in [0.05, 0.1) is 12.7 Å². The molecule has 2 heterocycles.